The van der Waals surface area contributed by atoms with Crippen molar-refractivity contribution in [2.24, 2.45) is 5.92 Å². The Bertz CT molecular complexity index is 476. The van der Waals surface area contributed by atoms with E-state index in [2.05, 4.69) is 40.4 Å². The van der Waals surface area contributed by atoms with Crippen LogP contribution in [0.3, 0.4) is 0 Å². The van der Waals surface area contributed by atoms with E-state index in [0.29, 0.717) is 13.0 Å². The molecule has 1 saturated heterocycles. The minimum Gasteiger partial charge on any atom is -0.460 e. The zero-order valence-electron chi connectivity index (χ0n) is 15.8. The summed E-state index contributed by atoms with van der Waals surface area (Å²) in [5.74, 6) is -0.445. The topological polar surface area (TPSA) is 55.8 Å². The Kier molecular flexibility index (Phi) is 7.56. The van der Waals surface area contributed by atoms with Crippen LogP contribution < -0.4 is 0 Å². The van der Waals surface area contributed by atoms with Gasteiger partial charge in [-0.1, -0.05) is 33.4 Å². The van der Waals surface area contributed by atoms with Gasteiger partial charge in [0.1, 0.15) is 13.2 Å². The first kappa shape index (κ1) is 21.2. The van der Waals surface area contributed by atoms with E-state index in [1.54, 1.807) is 16.7 Å². The van der Waals surface area contributed by atoms with Crippen molar-refractivity contribution >= 4 is 32.0 Å². The second kappa shape index (κ2) is 8.54. The van der Waals surface area contributed by atoms with Crippen molar-refractivity contribution in [2.45, 2.75) is 50.7 Å². The van der Waals surface area contributed by atoms with Crippen molar-refractivity contribution in [3.05, 3.63) is 12.7 Å². The molecule has 0 N–H and O–H groups in total. The maximum Gasteiger partial charge on any atom is 0.325 e. The van der Waals surface area contributed by atoms with Gasteiger partial charge >= 0.3 is 5.97 Å². The summed E-state index contributed by atoms with van der Waals surface area (Å²) in [5, 5.41) is 0.188. The van der Waals surface area contributed by atoms with E-state index < -0.39 is 14.3 Å². The van der Waals surface area contributed by atoms with Crippen molar-refractivity contribution in [1.29, 1.82) is 0 Å². The van der Waals surface area contributed by atoms with E-state index in [-0.39, 0.29) is 35.4 Å². The molecule has 0 unspecified atom stereocenters. The third kappa shape index (κ3) is 5.10. The maximum atomic E-state index is 12.3. The van der Waals surface area contributed by atoms with E-state index in [9.17, 15) is 9.59 Å². The molecule has 1 amide bonds. The van der Waals surface area contributed by atoms with Crippen molar-refractivity contribution in [3.8, 4) is 0 Å². The second-order valence-corrected chi connectivity index (χ2v) is 13.3. The summed E-state index contributed by atoms with van der Waals surface area (Å²) in [4.78, 5) is 25.6. The molecule has 0 bridgehead atoms. The molecule has 0 saturated carbocycles. The Hall–Kier alpha value is -0.793. The first-order valence-corrected chi connectivity index (χ1v) is 12.5. The summed E-state index contributed by atoms with van der Waals surface area (Å²) < 4.78 is 11.1. The van der Waals surface area contributed by atoms with Gasteiger partial charge < -0.3 is 14.1 Å². The fourth-order valence-electron chi connectivity index (χ4n) is 2.32. The summed E-state index contributed by atoms with van der Waals surface area (Å²) in [7, 11) is -1.79. The van der Waals surface area contributed by atoms with E-state index in [1.807, 2.05) is 6.26 Å². The van der Waals surface area contributed by atoms with Gasteiger partial charge in [-0.3, -0.25) is 9.59 Å². The fourth-order valence-corrected chi connectivity index (χ4v) is 4.39. The Morgan fingerprint density at radius 2 is 2.04 bits per heavy atom. The van der Waals surface area contributed by atoms with Gasteiger partial charge in [0.15, 0.2) is 8.32 Å². The molecule has 1 fully saturated rings. The van der Waals surface area contributed by atoms with Gasteiger partial charge in [-0.05, 0) is 30.8 Å². The van der Waals surface area contributed by atoms with Gasteiger partial charge in [0.25, 0.3) is 0 Å². The molecule has 5 nitrogen and oxygen atoms in total. The van der Waals surface area contributed by atoms with Crippen LogP contribution in [0.2, 0.25) is 18.1 Å². The van der Waals surface area contributed by atoms with E-state index in [1.165, 1.54) is 6.08 Å². The average Bonchev–Trinajstić information content (AvgIpc) is 2.49. The van der Waals surface area contributed by atoms with Gasteiger partial charge in [-0.25, -0.2) is 0 Å². The minimum atomic E-state index is -1.79. The number of β-lactam (4-membered cyclic amide) rings is 1. The van der Waals surface area contributed by atoms with Crippen molar-refractivity contribution in [1.82, 2.24) is 4.90 Å². The molecular formula is C17H31NO4SSi. The standard InChI is InChI=1S/C17H31NO4SSi/c1-8-10-21-14(19)12-18-15(20)13(16(18)23-5)9-11-22-24(6,7)17(2,3)4/h8,13,16H,1,9-12H2,2-7H3/t13-,16+/m0/s1. The SMILES string of the molecule is C=CCOC(=O)CN1C(=O)[C@H](CCO[Si](C)(C)C(C)(C)C)[C@H]1SC. The fraction of sp³-hybridized carbons (Fsp3) is 0.765. The maximum absolute atomic E-state index is 12.3. The number of carbonyl (C=O) groups excluding carboxylic acids is 2. The highest BCUT2D eigenvalue weighted by atomic mass is 32.2. The highest BCUT2D eigenvalue weighted by Crippen LogP contribution is 2.39. The van der Waals surface area contributed by atoms with Crippen LogP contribution in [0.25, 0.3) is 0 Å². The number of thioether (sulfide) groups is 1. The Labute approximate surface area is 151 Å². The van der Waals surface area contributed by atoms with Gasteiger partial charge in [-0.15, -0.1) is 11.8 Å². The molecule has 1 aliphatic rings. The van der Waals surface area contributed by atoms with Crippen molar-refractivity contribution < 1.29 is 18.8 Å². The molecule has 0 radical (unpaired) electrons. The summed E-state index contributed by atoms with van der Waals surface area (Å²) >= 11 is 1.59. The van der Waals surface area contributed by atoms with Crippen LogP contribution in [0.1, 0.15) is 27.2 Å². The number of nitrogens with zero attached hydrogens (tertiary/aromatic N) is 1. The molecule has 1 aliphatic heterocycles. The number of likely N-dealkylation sites (tertiary alicyclic amines) is 1. The molecule has 0 aromatic carbocycles. The van der Waals surface area contributed by atoms with E-state index in [4.69, 9.17) is 9.16 Å². The van der Waals surface area contributed by atoms with Crippen LogP contribution in [0.5, 0.6) is 0 Å². The lowest BCUT2D eigenvalue weighted by molar-refractivity contribution is -0.160. The van der Waals surface area contributed by atoms with Crippen LogP contribution in [-0.2, 0) is 18.8 Å². The minimum absolute atomic E-state index is 0.0117. The summed E-state index contributed by atoms with van der Waals surface area (Å²) in [6, 6.07) is 0. The molecule has 0 spiro atoms. The predicted octanol–water partition coefficient (Wildman–Crippen LogP) is 3.28. The van der Waals surface area contributed by atoms with Crippen LogP contribution in [0.4, 0.5) is 0 Å². The lowest BCUT2D eigenvalue weighted by atomic mass is 9.95. The number of hydrogen-bond acceptors (Lipinski definition) is 5. The molecule has 2 atom stereocenters. The van der Waals surface area contributed by atoms with E-state index >= 15 is 0 Å². The number of hydrogen-bond donors (Lipinski definition) is 0. The first-order valence-electron chi connectivity index (χ1n) is 8.29. The first-order chi connectivity index (χ1) is 11.0. The summed E-state index contributed by atoms with van der Waals surface area (Å²) in [6.45, 7) is 15.3. The van der Waals surface area contributed by atoms with Crippen LogP contribution in [0.15, 0.2) is 12.7 Å². The monoisotopic (exact) mass is 373 g/mol. The predicted molar refractivity (Wildman–Crippen MR) is 101 cm³/mol. The lowest BCUT2D eigenvalue weighted by Gasteiger charge is -2.46. The summed E-state index contributed by atoms with van der Waals surface area (Å²) in [5.41, 5.74) is 0. The van der Waals surface area contributed by atoms with Crippen molar-refractivity contribution in [3.63, 3.8) is 0 Å². The lowest BCUT2D eigenvalue weighted by Crippen LogP contribution is -2.61. The Morgan fingerprint density at radius 1 is 1.42 bits per heavy atom. The Morgan fingerprint density at radius 3 is 2.54 bits per heavy atom. The largest absolute Gasteiger partial charge is 0.460 e. The molecule has 0 aromatic heterocycles. The number of rotatable bonds is 9. The zero-order valence-corrected chi connectivity index (χ0v) is 17.6. The number of amides is 1. The number of esters is 1. The Balaban J connectivity index is 2.49. The van der Waals surface area contributed by atoms with Gasteiger partial charge in [0.05, 0.1) is 11.3 Å². The van der Waals surface area contributed by atoms with Crippen LogP contribution >= 0.6 is 11.8 Å². The number of carbonyl (C=O) groups is 2. The van der Waals surface area contributed by atoms with Gasteiger partial charge in [0, 0.05) is 6.61 Å². The van der Waals surface area contributed by atoms with Crippen LogP contribution in [-0.4, -0.2) is 56.5 Å². The van der Waals surface area contributed by atoms with Gasteiger partial charge in [0.2, 0.25) is 5.91 Å². The number of ether oxygens (including phenoxy) is 1. The molecule has 0 aliphatic carbocycles. The molecular weight excluding hydrogens is 342 g/mol. The van der Waals surface area contributed by atoms with Crippen LogP contribution in [0, 0.1) is 5.92 Å². The third-order valence-corrected chi connectivity index (χ3v) is 10.5. The second-order valence-electron chi connectivity index (χ2n) is 7.57. The molecule has 138 valence electrons. The van der Waals surface area contributed by atoms with Crippen molar-refractivity contribution in [2.75, 3.05) is 26.0 Å². The highest BCUT2D eigenvalue weighted by Gasteiger charge is 2.47. The highest BCUT2D eigenvalue weighted by molar-refractivity contribution is 7.99. The molecule has 24 heavy (non-hydrogen) atoms. The molecule has 7 heteroatoms. The molecule has 0 aromatic rings. The third-order valence-electron chi connectivity index (χ3n) is 4.85. The zero-order chi connectivity index (χ0) is 18.5. The summed E-state index contributed by atoms with van der Waals surface area (Å²) in [6.07, 6.45) is 4.18. The van der Waals surface area contributed by atoms with Gasteiger partial charge in [-0.2, -0.15) is 0 Å². The van der Waals surface area contributed by atoms with E-state index in [0.717, 1.165) is 0 Å². The quantitative estimate of drug-likeness (QED) is 0.269. The smallest absolute Gasteiger partial charge is 0.325 e. The molecule has 1 rings (SSSR count). The normalized spacial score (nSPS) is 21.4. The molecule has 1 heterocycles. The average molecular weight is 374 g/mol.